The van der Waals surface area contributed by atoms with Gasteiger partial charge in [-0.05, 0) is 108 Å². The van der Waals surface area contributed by atoms with Crippen molar-refractivity contribution in [3.8, 4) is 0 Å². The Morgan fingerprint density at radius 3 is 1.80 bits per heavy atom. The summed E-state index contributed by atoms with van der Waals surface area (Å²) in [6, 6.07) is 30.7. The lowest BCUT2D eigenvalue weighted by molar-refractivity contribution is 1.18. The van der Waals surface area contributed by atoms with E-state index in [0.29, 0.717) is 0 Å². The number of allylic oxidation sites excluding steroid dienone is 15. The fourth-order valence-corrected chi connectivity index (χ4v) is 5.65. The van der Waals surface area contributed by atoms with Gasteiger partial charge in [-0.2, -0.15) is 0 Å². The number of hydrogen-bond donors (Lipinski definition) is 0. The predicted molar refractivity (Wildman–Crippen MR) is 198 cm³/mol. The molecule has 1 aliphatic carbocycles. The van der Waals surface area contributed by atoms with Crippen LogP contribution in [0.4, 0.5) is 0 Å². The minimum Gasteiger partial charge on any atom is -0.0961 e. The Labute approximate surface area is 271 Å². The second kappa shape index (κ2) is 17.0. The standard InChI is InChI=1S/C45H48/c1-7-9-20-36(19-8-2)45(33-40(35(5)6)30-29-34(3)4)39-25-18-28-41(37-21-12-10-13-22-37)43-26-16-17-27-44(43)42(32-31-39)38-23-14-11-15-24-38/h9-27,29-31,33H,3,7-8,28,32H2,1-2,4-6H3/b20-9-,25-18-,30-29-,36-19+,39-31+,43-41+,44-42+,45-33+. The molecule has 228 valence electrons. The van der Waals surface area contributed by atoms with Crippen LogP contribution in [-0.2, 0) is 0 Å². The van der Waals surface area contributed by atoms with Crippen LogP contribution in [0.1, 0.15) is 71.4 Å². The summed E-state index contributed by atoms with van der Waals surface area (Å²) in [5.41, 5.74) is 12.4. The van der Waals surface area contributed by atoms with Crippen molar-refractivity contribution in [3.05, 3.63) is 201 Å². The van der Waals surface area contributed by atoms with Gasteiger partial charge in [-0.15, -0.1) is 0 Å². The van der Waals surface area contributed by atoms with Crippen LogP contribution in [-0.4, -0.2) is 0 Å². The summed E-state index contributed by atoms with van der Waals surface area (Å²) in [6.45, 7) is 14.9. The molecule has 0 spiro atoms. The lowest BCUT2D eigenvalue weighted by atomic mass is 9.88. The van der Waals surface area contributed by atoms with E-state index in [1.165, 1.54) is 60.6 Å². The molecule has 0 amide bonds. The molecule has 0 N–H and O–H groups in total. The smallest absolute Gasteiger partial charge is 0.00761 e. The van der Waals surface area contributed by atoms with Crippen LogP contribution in [0.5, 0.6) is 0 Å². The van der Waals surface area contributed by atoms with Crippen LogP contribution in [0.3, 0.4) is 0 Å². The Morgan fingerprint density at radius 2 is 1.27 bits per heavy atom. The molecular formula is C45H48. The first kappa shape index (κ1) is 33.2. The largest absolute Gasteiger partial charge is 0.0961 e. The molecule has 0 unspecified atom stereocenters. The zero-order valence-corrected chi connectivity index (χ0v) is 27.8. The molecule has 0 aliphatic heterocycles. The Bertz CT molecular complexity index is 1810. The highest BCUT2D eigenvalue weighted by Gasteiger charge is 2.13. The molecular weight excluding hydrogens is 540 g/mol. The molecule has 45 heavy (non-hydrogen) atoms. The first-order valence-corrected chi connectivity index (χ1v) is 16.3. The second-order valence-corrected chi connectivity index (χ2v) is 11.8. The highest BCUT2D eigenvalue weighted by Crippen LogP contribution is 2.29. The molecule has 0 bridgehead atoms. The van der Waals surface area contributed by atoms with Gasteiger partial charge in [0.2, 0.25) is 0 Å². The van der Waals surface area contributed by atoms with E-state index in [4.69, 9.17) is 0 Å². The van der Waals surface area contributed by atoms with Gasteiger partial charge >= 0.3 is 0 Å². The predicted octanol–water partition coefficient (Wildman–Crippen LogP) is 11.1. The highest BCUT2D eigenvalue weighted by atomic mass is 14.2. The van der Waals surface area contributed by atoms with Crippen molar-refractivity contribution in [2.24, 2.45) is 0 Å². The number of fused-ring (bicyclic) bond motifs is 1. The van der Waals surface area contributed by atoms with Crippen molar-refractivity contribution >= 4 is 11.1 Å². The third kappa shape index (κ3) is 9.16. The fraction of sp³-hybridized carbons (Fsp3) is 0.200. The molecule has 4 rings (SSSR count). The van der Waals surface area contributed by atoms with Gasteiger partial charge < -0.3 is 0 Å². The molecule has 1 aliphatic rings. The molecule has 3 aromatic carbocycles. The molecule has 3 aromatic rings. The maximum absolute atomic E-state index is 4.11. The van der Waals surface area contributed by atoms with Crippen molar-refractivity contribution in [1.29, 1.82) is 0 Å². The zero-order valence-electron chi connectivity index (χ0n) is 27.8. The number of rotatable bonds is 10. The van der Waals surface area contributed by atoms with Gasteiger partial charge in [0.15, 0.2) is 0 Å². The molecule has 0 nitrogen and oxygen atoms in total. The van der Waals surface area contributed by atoms with Crippen molar-refractivity contribution in [2.45, 2.75) is 60.3 Å². The van der Waals surface area contributed by atoms with Crippen molar-refractivity contribution in [3.63, 3.8) is 0 Å². The van der Waals surface area contributed by atoms with E-state index in [1.807, 2.05) is 6.92 Å². The molecule has 0 radical (unpaired) electrons. The van der Waals surface area contributed by atoms with E-state index in [0.717, 1.165) is 31.3 Å². The fourth-order valence-electron chi connectivity index (χ4n) is 5.65. The van der Waals surface area contributed by atoms with Gasteiger partial charge in [-0.1, -0.05) is 165 Å². The maximum Gasteiger partial charge on any atom is -0.00761 e. The van der Waals surface area contributed by atoms with E-state index < -0.39 is 0 Å². The van der Waals surface area contributed by atoms with Crippen LogP contribution >= 0.6 is 0 Å². The topological polar surface area (TPSA) is 0 Å². The summed E-state index contributed by atoms with van der Waals surface area (Å²) < 4.78 is 0. The molecule has 0 aromatic heterocycles. The summed E-state index contributed by atoms with van der Waals surface area (Å²) in [7, 11) is 0. The molecule has 0 heterocycles. The maximum atomic E-state index is 4.11. The lowest BCUT2D eigenvalue weighted by Crippen LogP contribution is -2.30. The first-order chi connectivity index (χ1) is 21.9. The van der Waals surface area contributed by atoms with Gasteiger partial charge in [0, 0.05) is 0 Å². The highest BCUT2D eigenvalue weighted by molar-refractivity contribution is 5.73. The van der Waals surface area contributed by atoms with Gasteiger partial charge in [0.25, 0.3) is 0 Å². The third-order valence-corrected chi connectivity index (χ3v) is 7.97. The average molecular weight is 589 g/mol. The van der Waals surface area contributed by atoms with Crippen molar-refractivity contribution in [2.75, 3.05) is 0 Å². The van der Waals surface area contributed by atoms with Gasteiger partial charge in [0.1, 0.15) is 0 Å². The average Bonchev–Trinajstić information content (AvgIpc) is 3.05. The Morgan fingerprint density at radius 1 is 0.689 bits per heavy atom. The van der Waals surface area contributed by atoms with Crippen LogP contribution in [0.15, 0.2) is 180 Å². The normalized spacial score (nSPS) is 18.7. The van der Waals surface area contributed by atoms with Crippen molar-refractivity contribution < 1.29 is 0 Å². The summed E-state index contributed by atoms with van der Waals surface area (Å²) >= 11 is 0. The molecule has 0 saturated carbocycles. The van der Waals surface area contributed by atoms with Gasteiger partial charge in [-0.3, -0.25) is 0 Å². The van der Waals surface area contributed by atoms with Crippen LogP contribution in [0.2, 0.25) is 0 Å². The molecule has 0 saturated heterocycles. The van der Waals surface area contributed by atoms with E-state index in [1.54, 1.807) is 0 Å². The quantitative estimate of drug-likeness (QED) is 0.207. The van der Waals surface area contributed by atoms with Crippen molar-refractivity contribution in [1.82, 2.24) is 0 Å². The Balaban J connectivity index is 2.06. The lowest BCUT2D eigenvalue weighted by Gasteiger charge is -2.16. The SMILES string of the molecule is C=C(C)/C=C\C(/C=C(C(\C=C/CC)=C\CC)/C1=C/C/C(c2ccccc2)=c2/cccc/c2=C(\c2ccccc2)C/C=C\1)=C(C)C. The van der Waals surface area contributed by atoms with E-state index in [-0.39, 0.29) is 0 Å². The van der Waals surface area contributed by atoms with Crippen LogP contribution in [0, 0.1) is 0 Å². The molecule has 0 heteroatoms. The van der Waals surface area contributed by atoms with E-state index in [9.17, 15) is 0 Å². The molecule has 0 atom stereocenters. The minimum absolute atomic E-state index is 0.808. The number of benzene rings is 3. The van der Waals surface area contributed by atoms with Gasteiger partial charge in [-0.25, -0.2) is 0 Å². The minimum atomic E-state index is 0.808. The van der Waals surface area contributed by atoms with Crippen LogP contribution < -0.4 is 10.4 Å². The zero-order chi connectivity index (χ0) is 32.0. The summed E-state index contributed by atoms with van der Waals surface area (Å²) in [5.74, 6) is 0. The van der Waals surface area contributed by atoms with Crippen LogP contribution in [0.25, 0.3) is 11.1 Å². The Hall–Kier alpha value is -4.68. The third-order valence-electron chi connectivity index (χ3n) is 7.97. The summed E-state index contributed by atoms with van der Waals surface area (Å²) in [5, 5.41) is 2.59. The van der Waals surface area contributed by atoms with E-state index in [2.05, 4.69) is 174 Å². The Kier molecular flexibility index (Phi) is 12.5. The van der Waals surface area contributed by atoms with Gasteiger partial charge in [0.05, 0.1) is 0 Å². The molecule has 0 fully saturated rings. The monoisotopic (exact) mass is 588 g/mol. The number of hydrogen-bond acceptors (Lipinski definition) is 0. The second-order valence-electron chi connectivity index (χ2n) is 11.8. The summed E-state index contributed by atoms with van der Waals surface area (Å²) in [6.07, 6.45) is 24.3. The summed E-state index contributed by atoms with van der Waals surface area (Å²) in [4.78, 5) is 0. The first-order valence-electron chi connectivity index (χ1n) is 16.3. The van der Waals surface area contributed by atoms with E-state index >= 15 is 0 Å².